The highest BCUT2D eigenvalue weighted by molar-refractivity contribution is 9.10. The Balaban J connectivity index is 1.62. The molecule has 6 nitrogen and oxygen atoms in total. The van der Waals surface area contributed by atoms with E-state index in [1.54, 1.807) is 6.92 Å². The number of aliphatic hydroxyl groups excluding tert-OH is 1. The van der Waals surface area contributed by atoms with Gasteiger partial charge in [0.15, 0.2) is 5.76 Å². The maximum Gasteiger partial charge on any atom is 0.513 e. The number of aromatic nitrogens is 1. The number of ether oxygens (including phenoxy) is 2. The first kappa shape index (κ1) is 17.8. The lowest BCUT2D eigenvalue weighted by molar-refractivity contribution is 0.0663. The Labute approximate surface area is 154 Å². The van der Waals surface area contributed by atoms with E-state index in [0.717, 1.165) is 29.5 Å². The van der Waals surface area contributed by atoms with Gasteiger partial charge < -0.3 is 19.6 Å². The summed E-state index contributed by atoms with van der Waals surface area (Å²) in [5.74, 6) is 0.409. The van der Waals surface area contributed by atoms with Crippen molar-refractivity contribution in [3.8, 4) is 0 Å². The van der Waals surface area contributed by atoms with Crippen LogP contribution >= 0.6 is 15.9 Å². The summed E-state index contributed by atoms with van der Waals surface area (Å²) in [6.07, 6.45) is 2.59. The zero-order valence-electron chi connectivity index (χ0n) is 14.0. The summed E-state index contributed by atoms with van der Waals surface area (Å²) in [6, 6.07) is 6.17. The standard InChI is InChI=1S/C18H21BrN2O4/c1-2-24-18(23)25-17-11-21(8-6-16(17)22)7-5-12-10-20-15-4-3-13(19)9-14(12)15/h3-4,9-10,20,22H,2,5-8,11H2,1H3. The van der Waals surface area contributed by atoms with E-state index < -0.39 is 6.16 Å². The molecule has 0 bridgehead atoms. The first-order chi connectivity index (χ1) is 12.1. The van der Waals surface area contributed by atoms with Crippen LogP contribution in [0.1, 0.15) is 18.9 Å². The van der Waals surface area contributed by atoms with Crippen molar-refractivity contribution in [2.75, 3.05) is 26.2 Å². The molecule has 0 radical (unpaired) electrons. The van der Waals surface area contributed by atoms with Crippen LogP contribution in [0.25, 0.3) is 10.9 Å². The third-order valence-electron chi connectivity index (χ3n) is 4.25. The lowest BCUT2D eigenvalue weighted by Gasteiger charge is -2.27. The smallest absolute Gasteiger partial charge is 0.509 e. The fraction of sp³-hybridized carbons (Fsp3) is 0.389. The molecule has 7 heteroatoms. The van der Waals surface area contributed by atoms with E-state index in [0.29, 0.717) is 13.0 Å². The molecular formula is C18H21BrN2O4. The predicted octanol–water partition coefficient (Wildman–Crippen LogP) is 4.12. The van der Waals surface area contributed by atoms with Crippen molar-refractivity contribution in [2.24, 2.45) is 0 Å². The largest absolute Gasteiger partial charge is 0.513 e. The minimum atomic E-state index is -0.771. The zero-order chi connectivity index (χ0) is 17.8. The second-order valence-electron chi connectivity index (χ2n) is 5.93. The van der Waals surface area contributed by atoms with Crippen LogP contribution in [0.2, 0.25) is 0 Å². The molecule has 2 heterocycles. The predicted molar refractivity (Wildman–Crippen MR) is 98.5 cm³/mol. The number of H-pyrrole nitrogens is 1. The minimum Gasteiger partial charge on any atom is -0.509 e. The summed E-state index contributed by atoms with van der Waals surface area (Å²) in [5.41, 5.74) is 2.35. The maximum absolute atomic E-state index is 11.5. The SMILES string of the molecule is CCOC(=O)OC1=C(O)CCN(CCc2c[nH]c3ccc(Br)cc23)C1. The Hall–Kier alpha value is -1.99. The number of fused-ring (bicyclic) bond motifs is 1. The molecule has 0 saturated heterocycles. The van der Waals surface area contributed by atoms with Crippen LogP contribution in [-0.4, -0.2) is 47.4 Å². The average Bonchev–Trinajstić information content (AvgIpc) is 2.98. The van der Waals surface area contributed by atoms with Crippen molar-refractivity contribution in [1.29, 1.82) is 0 Å². The van der Waals surface area contributed by atoms with Crippen LogP contribution in [0.5, 0.6) is 0 Å². The number of carbonyl (C=O) groups is 1. The number of hydrogen-bond donors (Lipinski definition) is 2. The van der Waals surface area contributed by atoms with Gasteiger partial charge in [0, 0.05) is 41.1 Å². The highest BCUT2D eigenvalue weighted by atomic mass is 79.9. The molecule has 0 aliphatic carbocycles. The van der Waals surface area contributed by atoms with Crippen molar-refractivity contribution in [3.63, 3.8) is 0 Å². The Morgan fingerprint density at radius 2 is 2.28 bits per heavy atom. The van der Waals surface area contributed by atoms with Gasteiger partial charge in [-0.2, -0.15) is 0 Å². The molecule has 0 saturated carbocycles. The molecule has 0 atom stereocenters. The van der Waals surface area contributed by atoms with Gasteiger partial charge in [-0.15, -0.1) is 0 Å². The van der Waals surface area contributed by atoms with Crippen molar-refractivity contribution >= 4 is 33.0 Å². The summed E-state index contributed by atoms with van der Waals surface area (Å²) in [6.45, 7) is 3.89. The Kier molecular flexibility index (Phi) is 5.65. The molecule has 3 rings (SSSR count). The first-order valence-corrected chi connectivity index (χ1v) is 9.09. The monoisotopic (exact) mass is 408 g/mol. The third-order valence-corrected chi connectivity index (χ3v) is 4.74. The van der Waals surface area contributed by atoms with Gasteiger partial charge in [0.2, 0.25) is 0 Å². The fourth-order valence-corrected chi connectivity index (χ4v) is 3.30. The van der Waals surface area contributed by atoms with Crippen LogP contribution in [-0.2, 0) is 15.9 Å². The van der Waals surface area contributed by atoms with E-state index in [9.17, 15) is 9.90 Å². The van der Waals surface area contributed by atoms with E-state index in [4.69, 9.17) is 9.47 Å². The van der Waals surface area contributed by atoms with E-state index in [1.165, 1.54) is 10.9 Å². The number of carbonyl (C=O) groups excluding carboxylic acids is 1. The molecule has 134 valence electrons. The topological polar surface area (TPSA) is 74.8 Å². The van der Waals surface area contributed by atoms with E-state index >= 15 is 0 Å². The minimum absolute atomic E-state index is 0.125. The van der Waals surface area contributed by atoms with Crippen LogP contribution < -0.4 is 0 Å². The van der Waals surface area contributed by atoms with Gasteiger partial charge >= 0.3 is 6.16 Å². The van der Waals surface area contributed by atoms with Crippen LogP contribution in [0, 0.1) is 0 Å². The van der Waals surface area contributed by atoms with Gasteiger partial charge in [0.1, 0.15) is 5.76 Å². The zero-order valence-corrected chi connectivity index (χ0v) is 15.6. The summed E-state index contributed by atoms with van der Waals surface area (Å²) >= 11 is 3.51. The highest BCUT2D eigenvalue weighted by Gasteiger charge is 2.22. The Morgan fingerprint density at radius 1 is 1.44 bits per heavy atom. The van der Waals surface area contributed by atoms with Crippen LogP contribution in [0.15, 0.2) is 40.4 Å². The van der Waals surface area contributed by atoms with Gasteiger partial charge in [0.05, 0.1) is 13.2 Å². The summed E-state index contributed by atoms with van der Waals surface area (Å²) in [4.78, 5) is 16.9. The number of nitrogens with zero attached hydrogens (tertiary/aromatic N) is 1. The average molecular weight is 409 g/mol. The molecule has 25 heavy (non-hydrogen) atoms. The molecule has 2 aromatic rings. The third kappa shape index (κ3) is 4.35. The normalized spacial score (nSPS) is 15.6. The van der Waals surface area contributed by atoms with Crippen LogP contribution in [0.4, 0.5) is 4.79 Å². The lowest BCUT2D eigenvalue weighted by atomic mass is 10.1. The van der Waals surface area contributed by atoms with E-state index in [1.807, 2.05) is 12.3 Å². The Bertz CT molecular complexity index is 799. The van der Waals surface area contributed by atoms with E-state index in [-0.39, 0.29) is 18.1 Å². The van der Waals surface area contributed by atoms with Gasteiger partial charge in [-0.1, -0.05) is 15.9 Å². The second-order valence-corrected chi connectivity index (χ2v) is 6.85. The van der Waals surface area contributed by atoms with E-state index in [2.05, 4.69) is 37.9 Å². The maximum atomic E-state index is 11.5. The van der Waals surface area contributed by atoms with Crippen molar-refractivity contribution in [3.05, 3.63) is 46.0 Å². The molecular weight excluding hydrogens is 388 g/mol. The number of hydrogen-bond acceptors (Lipinski definition) is 5. The quantitative estimate of drug-likeness (QED) is 0.727. The molecule has 1 aromatic carbocycles. The molecule has 0 fully saturated rings. The molecule has 0 spiro atoms. The fourth-order valence-electron chi connectivity index (χ4n) is 2.94. The van der Waals surface area contributed by atoms with Gasteiger partial charge in [-0.25, -0.2) is 4.79 Å². The van der Waals surface area contributed by atoms with Crippen molar-refractivity contribution in [1.82, 2.24) is 9.88 Å². The number of benzene rings is 1. The molecule has 0 amide bonds. The molecule has 1 aliphatic heterocycles. The summed E-state index contributed by atoms with van der Waals surface area (Å²) < 4.78 is 10.9. The highest BCUT2D eigenvalue weighted by Crippen LogP contribution is 2.24. The first-order valence-electron chi connectivity index (χ1n) is 8.30. The molecule has 0 unspecified atom stereocenters. The molecule has 2 N–H and O–H groups in total. The van der Waals surface area contributed by atoms with Gasteiger partial charge in [-0.05, 0) is 37.1 Å². The number of nitrogens with one attached hydrogen (secondary N) is 1. The van der Waals surface area contributed by atoms with Gasteiger partial charge in [0.25, 0.3) is 0 Å². The van der Waals surface area contributed by atoms with Gasteiger partial charge in [-0.3, -0.25) is 4.90 Å². The number of halogens is 1. The Morgan fingerprint density at radius 3 is 3.08 bits per heavy atom. The van der Waals surface area contributed by atoms with Crippen LogP contribution in [0.3, 0.4) is 0 Å². The number of aliphatic hydroxyl groups is 1. The van der Waals surface area contributed by atoms with Crippen molar-refractivity contribution < 1.29 is 19.4 Å². The number of rotatable bonds is 5. The number of aromatic amines is 1. The summed E-state index contributed by atoms with van der Waals surface area (Å²) in [5, 5.41) is 11.1. The second kappa shape index (κ2) is 7.93. The lowest BCUT2D eigenvalue weighted by Crippen LogP contribution is -2.34. The molecule has 1 aromatic heterocycles. The van der Waals surface area contributed by atoms with Crippen molar-refractivity contribution in [2.45, 2.75) is 19.8 Å². The molecule has 1 aliphatic rings. The summed E-state index contributed by atoms with van der Waals surface area (Å²) in [7, 11) is 0.